The van der Waals surface area contributed by atoms with E-state index in [9.17, 15) is 9.59 Å². The van der Waals surface area contributed by atoms with Gasteiger partial charge in [-0.2, -0.15) is 0 Å². The molecular formula is C22H28N2O2. The second-order valence-electron chi connectivity index (χ2n) is 6.64. The predicted octanol–water partition coefficient (Wildman–Crippen LogP) is 3.48. The van der Waals surface area contributed by atoms with Crippen molar-refractivity contribution < 1.29 is 9.59 Å². The van der Waals surface area contributed by atoms with Crippen molar-refractivity contribution in [3.05, 3.63) is 71.3 Å². The van der Waals surface area contributed by atoms with Crippen LogP contribution in [0.15, 0.2) is 54.6 Å². The molecule has 26 heavy (non-hydrogen) atoms. The molecule has 2 rings (SSSR count). The SMILES string of the molecule is CCCNC(=O)[C@H](C)N(Cc1ccccc1)C(=O)Cc1cccc(C)c1. The van der Waals surface area contributed by atoms with Gasteiger partial charge in [0.1, 0.15) is 6.04 Å². The molecule has 0 bridgehead atoms. The average molecular weight is 352 g/mol. The molecule has 0 heterocycles. The second-order valence-corrected chi connectivity index (χ2v) is 6.64. The van der Waals surface area contributed by atoms with Crippen LogP contribution >= 0.6 is 0 Å². The van der Waals surface area contributed by atoms with Crippen LogP contribution in [0.25, 0.3) is 0 Å². The Bertz CT molecular complexity index is 728. The number of hydrogen-bond acceptors (Lipinski definition) is 2. The van der Waals surface area contributed by atoms with E-state index < -0.39 is 6.04 Å². The number of carbonyl (C=O) groups is 2. The van der Waals surface area contributed by atoms with Gasteiger partial charge in [0.2, 0.25) is 11.8 Å². The maximum Gasteiger partial charge on any atom is 0.242 e. The van der Waals surface area contributed by atoms with E-state index in [-0.39, 0.29) is 11.8 Å². The van der Waals surface area contributed by atoms with Gasteiger partial charge in [0, 0.05) is 13.1 Å². The van der Waals surface area contributed by atoms with Crippen molar-refractivity contribution >= 4 is 11.8 Å². The van der Waals surface area contributed by atoms with E-state index in [1.807, 2.05) is 68.4 Å². The van der Waals surface area contributed by atoms with Gasteiger partial charge in [-0.1, -0.05) is 67.1 Å². The van der Waals surface area contributed by atoms with Crippen molar-refractivity contribution in [2.45, 2.75) is 46.2 Å². The van der Waals surface area contributed by atoms with Gasteiger partial charge in [-0.05, 0) is 31.4 Å². The highest BCUT2D eigenvalue weighted by molar-refractivity contribution is 5.88. The summed E-state index contributed by atoms with van der Waals surface area (Å²) in [6.07, 6.45) is 1.16. The van der Waals surface area contributed by atoms with Crippen molar-refractivity contribution in [1.82, 2.24) is 10.2 Å². The number of rotatable bonds is 8. The summed E-state index contributed by atoms with van der Waals surface area (Å²) in [6.45, 7) is 6.86. The molecule has 0 aliphatic heterocycles. The summed E-state index contributed by atoms with van der Waals surface area (Å²) in [7, 11) is 0. The zero-order chi connectivity index (χ0) is 18.9. The van der Waals surface area contributed by atoms with E-state index >= 15 is 0 Å². The molecule has 138 valence electrons. The maximum atomic E-state index is 13.0. The van der Waals surface area contributed by atoms with Gasteiger partial charge in [-0.3, -0.25) is 9.59 Å². The summed E-state index contributed by atoms with van der Waals surface area (Å²) in [5, 5.41) is 2.89. The van der Waals surface area contributed by atoms with Gasteiger partial charge in [0.25, 0.3) is 0 Å². The van der Waals surface area contributed by atoms with E-state index in [1.165, 1.54) is 0 Å². The molecule has 1 atom stereocenters. The number of amides is 2. The fourth-order valence-electron chi connectivity index (χ4n) is 2.86. The summed E-state index contributed by atoms with van der Waals surface area (Å²) in [5.74, 6) is -0.154. The van der Waals surface area contributed by atoms with Crippen molar-refractivity contribution in [3.63, 3.8) is 0 Å². The van der Waals surface area contributed by atoms with Crippen molar-refractivity contribution in [2.75, 3.05) is 6.54 Å². The van der Waals surface area contributed by atoms with Crippen molar-refractivity contribution in [1.29, 1.82) is 0 Å². The summed E-state index contributed by atoms with van der Waals surface area (Å²) in [5.41, 5.74) is 3.10. The van der Waals surface area contributed by atoms with Gasteiger partial charge in [-0.15, -0.1) is 0 Å². The first-order chi connectivity index (χ1) is 12.5. The first kappa shape index (κ1) is 19.7. The molecule has 0 aromatic heterocycles. The normalized spacial score (nSPS) is 11.7. The molecule has 0 radical (unpaired) electrons. The summed E-state index contributed by atoms with van der Waals surface area (Å²) in [4.78, 5) is 27.1. The molecule has 4 nitrogen and oxygen atoms in total. The Hall–Kier alpha value is -2.62. The number of carbonyl (C=O) groups excluding carboxylic acids is 2. The lowest BCUT2D eigenvalue weighted by molar-refractivity contribution is -0.140. The fraction of sp³-hybridized carbons (Fsp3) is 0.364. The number of nitrogens with one attached hydrogen (secondary N) is 1. The van der Waals surface area contributed by atoms with Gasteiger partial charge in [-0.25, -0.2) is 0 Å². The Morgan fingerprint density at radius 2 is 1.73 bits per heavy atom. The smallest absolute Gasteiger partial charge is 0.242 e. The van der Waals surface area contributed by atoms with Crippen LogP contribution in [-0.2, 0) is 22.6 Å². The third kappa shape index (κ3) is 5.73. The van der Waals surface area contributed by atoms with Crippen LogP contribution in [0.2, 0.25) is 0 Å². The molecule has 4 heteroatoms. The van der Waals surface area contributed by atoms with E-state index in [0.717, 1.165) is 23.1 Å². The molecule has 0 unspecified atom stereocenters. The highest BCUT2D eigenvalue weighted by Gasteiger charge is 2.25. The first-order valence-corrected chi connectivity index (χ1v) is 9.18. The van der Waals surface area contributed by atoms with Gasteiger partial charge >= 0.3 is 0 Å². The van der Waals surface area contributed by atoms with Crippen molar-refractivity contribution in [2.24, 2.45) is 0 Å². The summed E-state index contributed by atoms with van der Waals surface area (Å²) >= 11 is 0. The number of aryl methyl sites for hydroxylation is 1. The van der Waals surface area contributed by atoms with Crippen LogP contribution in [0.1, 0.15) is 37.0 Å². The molecule has 1 N–H and O–H groups in total. The monoisotopic (exact) mass is 352 g/mol. The molecule has 2 aromatic rings. The Balaban J connectivity index is 2.18. The van der Waals surface area contributed by atoms with Crippen LogP contribution in [0.4, 0.5) is 0 Å². The van der Waals surface area contributed by atoms with Crippen LogP contribution in [0.5, 0.6) is 0 Å². The lowest BCUT2D eigenvalue weighted by Crippen LogP contribution is -2.48. The highest BCUT2D eigenvalue weighted by atomic mass is 16.2. The number of benzene rings is 2. The third-order valence-corrected chi connectivity index (χ3v) is 4.35. The molecule has 0 aliphatic rings. The molecule has 2 amide bonds. The lowest BCUT2D eigenvalue weighted by atomic mass is 10.1. The standard InChI is InChI=1S/C22H28N2O2/c1-4-13-23-22(26)18(3)24(16-19-10-6-5-7-11-19)21(25)15-20-12-8-9-17(2)14-20/h5-12,14,18H,4,13,15-16H2,1-3H3,(H,23,26)/t18-/m0/s1. The third-order valence-electron chi connectivity index (χ3n) is 4.35. The summed E-state index contributed by atoms with van der Waals surface area (Å²) < 4.78 is 0. The fourth-order valence-corrected chi connectivity index (χ4v) is 2.86. The minimum absolute atomic E-state index is 0.0430. The zero-order valence-electron chi connectivity index (χ0n) is 15.9. The molecule has 0 saturated heterocycles. The topological polar surface area (TPSA) is 49.4 Å². The van der Waals surface area contributed by atoms with Gasteiger partial charge in [0.15, 0.2) is 0 Å². The Kier molecular flexibility index (Phi) is 7.39. The maximum absolute atomic E-state index is 13.0. The van der Waals surface area contributed by atoms with Crippen LogP contribution in [0, 0.1) is 6.92 Å². The van der Waals surface area contributed by atoms with Crippen molar-refractivity contribution in [3.8, 4) is 0 Å². The molecule has 0 aliphatic carbocycles. The molecule has 0 saturated carbocycles. The quantitative estimate of drug-likeness (QED) is 0.791. The predicted molar refractivity (Wildman–Crippen MR) is 105 cm³/mol. The van der Waals surface area contributed by atoms with Gasteiger partial charge < -0.3 is 10.2 Å². The zero-order valence-corrected chi connectivity index (χ0v) is 15.9. The second kappa shape index (κ2) is 9.76. The van der Waals surface area contributed by atoms with Crippen LogP contribution in [-0.4, -0.2) is 29.3 Å². The van der Waals surface area contributed by atoms with Crippen LogP contribution < -0.4 is 5.32 Å². The summed E-state index contributed by atoms with van der Waals surface area (Å²) in [6, 6.07) is 17.2. The van der Waals surface area contributed by atoms with E-state index in [0.29, 0.717) is 19.5 Å². The number of nitrogens with zero attached hydrogens (tertiary/aromatic N) is 1. The Morgan fingerprint density at radius 3 is 2.38 bits per heavy atom. The van der Waals surface area contributed by atoms with E-state index in [1.54, 1.807) is 11.8 Å². The minimum Gasteiger partial charge on any atom is -0.354 e. The molecule has 0 spiro atoms. The lowest BCUT2D eigenvalue weighted by Gasteiger charge is -2.29. The first-order valence-electron chi connectivity index (χ1n) is 9.18. The molecule has 2 aromatic carbocycles. The molecule has 0 fully saturated rings. The number of hydrogen-bond donors (Lipinski definition) is 1. The van der Waals surface area contributed by atoms with E-state index in [2.05, 4.69) is 5.32 Å². The minimum atomic E-state index is -0.515. The Labute approximate surface area is 156 Å². The largest absolute Gasteiger partial charge is 0.354 e. The van der Waals surface area contributed by atoms with Gasteiger partial charge in [0.05, 0.1) is 6.42 Å². The highest BCUT2D eigenvalue weighted by Crippen LogP contribution is 2.13. The molecular weight excluding hydrogens is 324 g/mol. The Morgan fingerprint density at radius 1 is 1.04 bits per heavy atom. The average Bonchev–Trinajstić information content (AvgIpc) is 2.64. The van der Waals surface area contributed by atoms with Crippen LogP contribution in [0.3, 0.4) is 0 Å². The van der Waals surface area contributed by atoms with E-state index in [4.69, 9.17) is 0 Å².